The van der Waals surface area contributed by atoms with Crippen molar-refractivity contribution in [2.24, 2.45) is 10.2 Å². The summed E-state index contributed by atoms with van der Waals surface area (Å²) < 4.78 is 0. The maximum Gasteiger partial charge on any atom is 0.312 e. The summed E-state index contributed by atoms with van der Waals surface area (Å²) in [5.74, 6) is -0.953. The number of carbonyl (C=O) groups is 2. The normalized spacial score (nSPS) is 14.5. The van der Waals surface area contributed by atoms with Gasteiger partial charge in [0.25, 0.3) is 5.91 Å². The molecular weight excluding hydrogens is 218 g/mol. The third-order valence-electron chi connectivity index (χ3n) is 2.90. The maximum atomic E-state index is 11.7. The molecule has 0 unspecified atom stereocenters. The minimum Gasteiger partial charge on any atom is -0.350 e. The van der Waals surface area contributed by atoms with Gasteiger partial charge in [0.15, 0.2) is 0 Å². The van der Waals surface area contributed by atoms with Gasteiger partial charge in [-0.3, -0.25) is 9.59 Å². The lowest BCUT2D eigenvalue weighted by Gasteiger charge is -2.03. The topological polar surface area (TPSA) is 74.7 Å². The number of aromatic nitrogens is 1. The second kappa shape index (κ2) is 3.10. The number of fused-ring (bicyclic) bond motifs is 3. The number of azo groups is 1. The lowest BCUT2D eigenvalue weighted by Crippen LogP contribution is -2.09. The SMILES string of the molecule is Cc1cc(C)c2c3c([nH]c2c1)C(=O)N=NC3=O. The molecule has 1 aromatic heterocycles. The summed E-state index contributed by atoms with van der Waals surface area (Å²) in [5.41, 5.74) is 3.39. The average Bonchev–Trinajstić information content (AvgIpc) is 2.64. The highest BCUT2D eigenvalue weighted by atomic mass is 16.2. The van der Waals surface area contributed by atoms with Gasteiger partial charge in [0.1, 0.15) is 5.69 Å². The van der Waals surface area contributed by atoms with Crippen molar-refractivity contribution in [3.05, 3.63) is 34.5 Å². The predicted octanol–water partition coefficient (Wildman–Crippen LogP) is 2.53. The van der Waals surface area contributed by atoms with Crippen LogP contribution in [0.2, 0.25) is 0 Å². The molecule has 3 rings (SSSR count). The monoisotopic (exact) mass is 227 g/mol. The zero-order valence-electron chi connectivity index (χ0n) is 9.37. The minimum absolute atomic E-state index is 0.244. The number of carbonyl (C=O) groups excluding carboxylic acids is 2. The van der Waals surface area contributed by atoms with Crippen LogP contribution in [0.25, 0.3) is 10.9 Å². The van der Waals surface area contributed by atoms with Crippen LogP contribution in [-0.2, 0) is 0 Å². The van der Waals surface area contributed by atoms with Gasteiger partial charge < -0.3 is 4.98 Å². The van der Waals surface area contributed by atoms with Crippen LogP contribution in [0.1, 0.15) is 32.0 Å². The summed E-state index contributed by atoms with van der Waals surface area (Å²) in [6, 6.07) is 3.88. The van der Waals surface area contributed by atoms with E-state index in [-0.39, 0.29) is 5.69 Å². The minimum atomic E-state index is -0.493. The molecule has 0 aliphatic carbocycles. The Labute approximate surface area is 96.5 Å². The second-order valence-electron chi connectivity index (χ2n) is 4.19. The second-order valence-corrected chi connectivity index (χ2v) is 4.19. The summed E-state index contributed by atoms with van der Waals surface area (Å²) in [6.45, 7) is 3.87. The van der Waals surface area contributed by atoms with E-state index in [4.69, 9.17) is 0 Å². The van der Waals surface area contributed by atoms with Crippen LogP contribution in [0, 0.1) is 13.8 Å². The summed E-state index contributed by atoms with van der Waals surface area (Å²) in [6.07, 6.45) is 0. The number of hydrogen-bond donors (Lipinski definition) is 1. The van der Waals surface area contributed by atoms with Gasteiger partial charge in [-0.15, -0.1) is 10.2 Å². The standard InChI is InChI=1S/C12H9N3O2/c1-5-3-6(2)8-7(4-5)13-10-9(8)11(16)14-15-12(10)17/h3-4,13H,1-2H3. The molecular formula is C12H9N3O2. The number of amides is 2. The molecule has 0 radical (unpaired) electrons. The van der Waals surface area contributed by atoms with Crippen LogP contribution in [0.5, 0.6) is 0 Å². The van der Waals surface area contributed by atoms with Crippen molar-refractivity contribution >= 4 is 22.7 Å². The van der Waals surface area contributed by atoms with Crippen molar-refractivity contribution in [3.63, 3.8) is 0 Å². The lowest BCUT2D eigenvalue weighted by atomic mass is 10.0. The largest absolute Gasteiger partial charge is 0.350 e. The third kappa shape index (κ3) is 1.25. The number of nitrogens with zero attached hydrogens (tertiary/aromatic N) is 2. The van der Waals surface area contributed by atoms with Gasteiger partial charge in [0.05, 0.1) is 5.56 Å². The van der Waals surface area contributed by atoms with Gasteiger partial charge in [-0.05, 0) is 31.0 Å². The number of rotatable bonds is 0. The van der Waals surface area contributed by atoms with Gasteiger partial charge in [0, 0.05) is 10.9 Å². The first-order valence-electron chi connectivity index (χ1n) is 5.21. The van der Waals surface area contributed by atoms with E-state index < -0.39 is 11.8 Å². The number of benzene rings is 1. The van der Waals surface area contributed by atoms with E-state index in [2.05, 4.69) is 15.2 Å². The van der Waals surface area contributed by atoms with Gasteiger partial charge >= 0.3 is 5.91 Å². The number of H-pyrrole nitrogens is 1. The molecule has 1 aliphatic rings. The van der Waals surface area contributed by atoms with Crippen molar-refractivity contribution in [1.29, 1.82) is 0 Å². The smallest absolute Gasteiger partial charge is 0.312 e. The van der Waals surface area contributed by atoms with Crippen molar-refractivity contribution in [2.75, 3.05) is 0 Å². The molecule has 84 valence electrons. The highest BCUT2D eigenvalue weighted by Crippen LogP contribution is 2.30. The molecule has 0 bridgehead atoms. The Balaban J connectivity index is 2.49. The van der Waals surface area contributed by atoms with Crippen molar-refractivity contribution in [1.82, 2.24) is 4.98 Å². The first-order chi connectivity index (χ1) is 8.08. The van der Waals surface area contributed by atoms with Crippen LogP contribution in [0.4, 0.5) is 0 Å². The quantitative estimate of drug-likeness (QED) is 0.750. The van der Waals surface area contributed by atoms with E-state index >= 15 is 0 Å². The van der Waals surface area contributed by atoms with Gasteiger partial charge in [-0.2, -0.15) is 0 Å². The van der Waals surface area contributed by atoms with Gasteiger partial charge in [-0.1, -0.05) is 6.07 Å². The fraction of sp³-hybridized carbons (Fsp3) is 0.167. The van der Waals surface area contributed by atoms with Crippen molar-refractivity contribution < 1.29 is 9.59 Å². The van der Waals surface area contributed by atoms with Crippen molar-refractivity contribution in [2.45, 2.75) is 13.8 Å². The molecule has 1 aliphatic heterocycles. The third-order valence-corrected chi connectivity index (χ3v) is 2.90. The molecule has 0 spiro atoms. The summed E-state index contributed by atoms with van der Waals surface area (Å²) >= 11 is 0. The molecule has 2 amide bonds. The first kappa shape index (κ1) is 9.89. The van der Waals surface area contributed by atoms with E-state index in [1.807, 2.05) is 26.0 Å². The fourth-order valence-electron chi connectivity index (χ4n) is 2.29. The molecule has 2 aromatic rings. The summed E-state index contributed by atoms with van der Waals surface area (Å²) in [5, 5.41) is 7.43. The van der Waals surface area contributed by atoms with E-state index in [1.165, 1.54) is 0 Å². The molecule has 0 fully saturated rings. The number of hydrogen-bond acceptors (Lipinski definition) is 2. The molecule has 17 heavy (non-hydrogen) atoms. The van der Waals surface area contributed by atoms with Gasteiger partial charge in [-0.25, -0.2) is 0 Å². The lowest BCUT2D eigenvalue weighted by molar-refractivity contribution is 0.0919. The van der Waals surface area contributed by atoms with Gasteiger partial charge in [0.2, 0.25) is 0 Å². The Bertz CT molecular complexity index is 710. The van der Waals surface area contributed by atoms with E-state index in [0.29, 0.717) is 5.56 Å². The molecule has 1 N–H and O–H groups in total. The van der Waals surface area contributed by atoms with E-state index in [9.17, 15) is 9.59 Å². The fourth-order valence-corrected chi connectivity index (χ4v) is 2.29. The highest BCUT2D eigenvalue weighted by Gasteiger charge is 2.27. The molecule has 0 saturated heterocycles. The van der Waals surface area contributed by atoms with E-state index in [1.54, 1.807) is 0 Å². The van der Waals surface area contributed by atoms with Crippen LogP contribution in [0.15, 0.2) is 22.4 Å². The highest BCUT2D eigenvalue weighted by molar-refractivity contribution is 6.18. The summed E-state index contributed by atoms with van der Waals surface area (Å²) in [4.78, 5) is 26.2. The van der Waals surface area contributed by atoms with E-state index in [0.717, 1.165) is 22.0 Å². The average molecular weight is 227 g/mol. The zero-order chi connectivity index (χ0) is 12.2. The molecule has 5 nitrogen and oxygen atoms in total. The number of nitrogens with one attached hydrogen (secondary N) is 1. The summed E-state index contributed by atoms with van der Waals surface area (Å²) in [7, 11) is 0. The zero-order valence-corrected chi connectivity index (χ0v) is 9.37. The Morgan fingerprint density at radius 2 is 1.76 bits per heavy atom. The molecule has 2 heterocycles. The number of aromatic amines is 1. The Morgan fingerprint density at radius 1 is 1.06 bits per heavy atom. The Kier molecular flexibility index (Phi) is 1.80. The molecule has 0 atom stereocenters. The Hall–Kier alpha value is -2.30. The Morgan fingerprint density at radius 3 is 2.53 bits per heavy atom. The first-order valence-corrected chi connectivity index (χ1v) is 5.21. The van der Waals surface area contributed by atoms with Crippen LogP contribution in [-0.4, -0.2) is 16.8 Å². The predicted molar refractivity (Wildman–Crippen MR) is 61.3 cm³/mol. The van der Waals surface area contributed by atoms with Crippen LogP contribution in [0.3, 0.4) is 0 Å². The number of aryl methyl sites for hydroxylation is 2. The molecule has 0 saturated carbocycles. The maximum absolute atomic E-state index is 11.7. The molecule has 5 heteroatoms. The van der Waals surface area contributed by atoms with Crippen LogP contribution < -0.4 is 0 Å². The van der Waals surface area contributed by atoms with Crippen LogP contribution >= 0.6 is 0 Å². The molecule has 1 aromatic carbocycles. The van der Waals surface area contributed by atoms with Crippen molar-refractivity contribution in [3.8, 4) is 0 Å².